The zero-order chi connectivity index (χ0) is 5.98. The second kappa shape index (κ2) is 2.40. The molecule has 0 aromatic heterocycles. The third kappa shape index (κ3) is 0.968. The summed E-state index contributed by atoms with van der Waals surface area (Å²) in [5, 5.41) is 4.03. The van der Waals surface area contributed by atoms with E-state index in [4.69, 9.17) is 4.84 Å². The summed E-state index contributed by atoms with van der Waals surface area (Å²) in [5.41, 5.74) is 1.06. The fourth-order valence-corrected chi connectivity index (χ4v) is 0.944. The van der Waals surface area contributed by atoms with Gasteiger partial charge in [-0.1, -0.05) is 12.1 Å². The number of thiol groups is 1. The lowest BCUT2D eigenvalue weighted by Gasteiger charge is -1.95. The fraction of sp³-hybridized carbons (Fsp3) is 0.800. The van der Waals surface area contributed by atoms with E-state index in [0.717, 1.165) is 12.1 Å². The van der Waals surface area contributed by atoms with E-state index in [1.165, 1.54) is 0 Å². The molecule has 0 N–H and O–H groups in total. The molecule has 1 aliphatic rings. The molecule has 46 valence electrons. The zero-order valence-electron chi connectivity index (χ0n) is 4.79. The van der Waals surface area contributed by atoms with Crippen molar-refractivity contribution in [3.63, 3.8) is 0 Å². The van der Waals surface area contributed by atoms with Crippen molar-refractivity contribution in [3.8, 4) is 0 Å². The molecule has 0 saturated heterocycles. The molecule has 1 unspecified atom stereocenters. The van der Waals surface area contributed by atoms with Gasteiger partial charge in [0.2, 0.25) is 0 Å². The third-order valence-electron chi connectivity index (χ3n) is 1.16. The van der Waals surface area contributed by atoms with E-state index >= 15 is 0 Å². The SMILES string of the molecule is CCC1=NOCC1S. The van der Waals surface area contributed by atoms with Gasteiger partial charge < -0.3 is 4.84 Å². The Bertz CT molecular complexity index is 113. The Balaban J connectivity index is 2.49. The number of oxime groups is 1. The summed E-state index contributed by atoms with van der Waals surface area (Å²) in [6, 6.07) is 0. The lowest BCUT2D eigenvalue weighted by Crippen LogP contribution is -2.10. The van der Waals surface area contributed by atoms with Gasteiger partial charge in [0.1, 0.15) is 6.61 Å². The molecule has 0 bridgehead atoms. The highest BCUT2D eigenvalue weighted by Crippen LogP contribution is 2.09. The second-order valence-corrected chi connectivity index (χ2v) is 2.37. The minimum Gasteiger partial charge on any atom is -0.394 e. The Morgan fingerprint density at radius 1 is 2.00 bits per heavy atom. The van der Waals surface area contributed by atoms with Crippen molar-refractivity contribution in [2.24, 2.45) is 5.16 Å². The zero-order valence-corrected chi connectivity index (χ0v) is 5.69. The van der Waals surface area contributed by atoms with Crippen LogP contribution in [0.25, 0.3) is 0 Å². The molecule has 0 saturated carbocycles. The highest BCUT2D eigenvalue weighted by Gasteiger charge is 2.16. The van der Waals surface area contributed by atoms with E-state index in [1.807, 2.05) is 0 Å². The first-order valence-electron chi connectivity index (χ1n) is 2.71. The monoisotopic (exact) mass is 131 g/mol. The summed E-state index contributed by atoms with van der Waals surface area (Å²) in [5.74, 6) is 0. The Morgan fingerprint density at radius 3 is 3.00 bits per heavy atom. The van der Waals surface area contributed by atoms with Crippen molar-refractivity contribution in [2.45, 2.75) is 18.6 Å². The molecule has 0 aromatic rings. The molecule has 1 aliphatic heterocycles. The summed E-state index contributed by atoms with van der Waals surface area (Å²) in [6.45, 7) is 2.70. The van der Waals surface area contributed by atoms with E-state index in [9.17, 15) is 0 Å². The maximum absolute atomic E-state index is 4.77. The predicted octanol–water partition coefficient (Wildman–Crippen LogP) is 1.08. The van der Waals surface area contributed by atoms with Crippen LogP contribution in [0.4, 0.5) is 0 Å². The van der Waals surface area contributed by atoms with Crippen molar-refractivity contribution in [3.05, 3.63) is 0 Å². The molecule has 8 heavy (non-hydrogen) atoms. The van der Waals surface area contributed by atoms with Gasteiger partial charge in [-0.05, 0) is 6.42 Å². The minimum absolute atomic E-state index is 0.250. The second-order valence-electron chi connectivity index (χ2n) is 1.75. The quantitative estimate of drug-likeness (QED) is 0.528. The van der Waals surface area contributed by atoms with Crippen LogP contribution in [0.15, 0.2) is 5.16 Å². The maximum atomic E-state index is 4.77. The van der Waals surface area contributed by atoms with Gasteiger partial charge in [-0.2, -0.15) is 12.6 Å². The average molecular weight is 131 g/mol. The molecule has 1 heterocycles. The minimum atomic E-state index is 0.250. The summed E-state index contributed by atoms with van der Waals surface area (Å²) in [4.78, 5) is 4.77. The number of hydrogen-bond donors (Lipinski definition) is 1. The molecule has 0 aromatic carbocycles. The number of rotatable bonds is 1. The molecule has 1 rings (SSSR count). The molecule has 0 aliphatic carbocycles. The first-order chi connectivity index (χ1) is 3.84. The lowest BCUT2D eigenvalue weighted by atomic mass is 10.2. The van der Waals surface area contributed by atoms with E-state index in [1.54, 1.807) is 0 Å². The van der Waals surface area contributed by atoms with Gasteiger partial charge in [-0.3, -0.25) is 0 Å². The molecular weight excluding hydrogens is 122 g/mol. The average Bonchev–Trinajstić information content (AvgIpc) is 2.14. The number of nitrogens with zero attached hydrogens (tertiary/aromatic N) is 1. The van der Waals surface area contributed by atoms with Crippen LogP contribution in [0.2, 0.25) is 0 Å². The van der Waals surface area contributed by atoms with E-state index in [2.05, 4.69) is 24.7 Å². The molecule has 2 nitrogen and oxygen atoms in total. The number of hydrogen-bond acceptors (Lipinski definition) is 3. The maximum Gasteiger partial charge on any atom is 0.134 e. The Labute approximate surface area is 54.3 Å². The molecule has 3 heteroatoms. The van der Waals surface area contributed by atoms with Crippen LogP contribution < -0.4 is 0 Å². The molecule has 1 atom stereocenters. The van der Waals surface area contributed by atoms with Gasteiger partial charge in [-0.15, -0.1) is 0 Å². The molecule has 0 amide bonds. The highest BCUT2D eigenvalue weighted by molar-refractivity contribution is 7.81. The van der Waals surface area contributed by atoms with Crippen molar-refractivity contribution < 1.29 is 4.84 Å². The van der Waals surface area contributed by atoms with E-state index in [-0.39, 0.29) is 5.25 Å². The first-order valence-corrected chi connectivity index (χ1v) is 3.23. The first kappa shape index (κ1) is 5.95. The Kier molecular flexibility index (Phi) is 1.78. The molecular formula is C5H9NOS. The molecule has 0 fully saturated rings. The molecule has 0 spiro atoms. The van der Waals surface area contributed by atoms with Crippen molar-refractivity contribution in [2.75, 3.05) is 6.61 Å². The van der Waals surface area contributed by atoms with Crippen LogP contribution in [0.3, 0.4) is 0 Å². The van der Waals surface area contributed by atoms with Crippen LogP contribution in [0.5, 0.6) is 0 Å². The Hall–Kier alpha value is -0.180. The largest absolute Gasteiger partial charge is 0.394 e. The van der Waals surface area contributed by atoms with E-state index in [0.29, 0.717) is 6.61 Å². The standard InChI is InChI=1S/C5H9NOS/c1-2-4-5(8)3-7-6-4/h5,8H,2-3H2,1H3. The Morgan fingerprint density at radius 2 is 2.75 bits per heavy atom. The van der Waals surface area contributed by atoms with Crippen LogP contribution in [0, 0.1) is 0 Å². The van der Waals surface area contributed by atoms with Crippen LogP contribution >= 0.6 is 12.6 Å². The third-order valence-corrected chi connectivity index (χ3v) is 1.61. The lowest BCUT2D eigenvalue weighted by molar-refractivity contribution is 0.175. The van der Waals surface area contributed by atoms with Crippen LogP contribution in [0.1, 0.15) is 13.3 Å². The topological polar surface area (TPSA) is 21.6 Å². The van der Waals surface area contributed by atoms with Gasteiger partial charge in [0, 0.05) is 0 Å². The highest BCUT2D eigenvalue weighted by atomic mass is 32.1. The summed E-state index contributed by atoms with van der Waals surface area (Å²) >= 11 is 4.21. The van der Waals surface area contributed by atoms with Crippen molar-refractivity contribution in [1.29, 1.82) is 0 Å². The fourth-order valence-electron chi connectivity index (χ4n) is 0.648. The van der Waals surface area contributed by atoms with Crippen LogP contribution in [-0.4, -0.2) is 17.6 Å². The van der Waals surface area contributed by atoms with Gasteiger partial charge in [0.05, 0.1) is 11.0 Å². The van der Waals surface area contributed by atoms with Crippen LogP contribution in [-0.2, 0) is 4.84 Å². The van der Waals surface area contributed by atoms with E-state index < -0.39 is 0 Å². The molecule has 0 radical (unpaired) electrons. The van der Waals surface area contributed by atoms with Gasteiger partial charge >= 0.3 is 0 Å². The predicted molar refractivity (Wildman–Crippen MR) is 36.5 cm³/mol. The normalized spacial score (nSPS) is 27.2. The van der Waals surface area contributed by atoms with Crippen molar-refractivity contribution >= 4 is 18.3 Å². The van der Waals surface area contributed by atoms with Gasteiger partial charge in [0.25, 0.3) is 0 Å². The summed E-state index contributed by atoms with van der Waals surface area (Å²) in [6.07, 6.45) is 0.953. The van der Waals surface area contributed by atoms with Gasteiger partial charge in [-0.25, -0.2) is 0 Å². The van der Waals surface area contributed by atoms with Crippen molar-refractivity contribution in [1.82, 2.24) is 0 Å². The smallest absolute Gasteiger partial charge is 0.134 e. The van der Waals surface area contributed by atoms with Gasteiger partial charge in [0.15, 0.2) is 0 Å². The summed E-state index contributed by atoms with van der Waals surface area (Å²) < 4.78 is 0. The summed E-state index contributed by atoms with van der Waals surface area (Å²) in [7, 11) is 0.